The van der Waals surface area contributed by atoms with Crippen LogP contribution >= 0.6 is 0 Å². The lowest BCUT2D eigenvalue weighted by atomic mass is 9.94. The van der Waals surface area contributed by atoms with Crippen LogP contribution in [0.3, 0.4) is 0 Å². The van der Waals surface area contributed by atoms with Gasteiger partial charge in [0.25, 0.3) is 0 Å². The molecule has 1 saturated heterocycles. The summed E-state index contributed by atoms with van der Waals surface area (Å²) in [6.45, 7) is 3.69. The Labute approximate surface area is 108 Å². The van der Waals surface area contributed by atoms with Crippen molar-refractivity contribution in [2.24, 2.45) is 0 Å². The monoisotopic (exact) mass is 251 g/mol. The molecule has 1 aromatic heterocycles. The minimum Gasteiger partial charge on any atom is -0.397 e. The first kappa shape index (κ1) is 13.1. The first-order valence-electron chi connectivity index (χ1n) is 6.25. The van der Waals surface area contributed by atoms with Crippen LogP contribution in [-0.4, -0.2) is 42.5 Å². The zero-order valence-corrected chi connectivity index (χ0v) is 11.0. The normalized spacial score (nSPS) is 18.6. The lowest BCUT2D eigenvalue weighted by Crippen LogP contribution is -2.46. The average molecular weight is 251 g/mol. The van der Waals surface area contributed by atoms with Crippen molar-refractivity contribution < 1.29 is 9.84 Å². The molecule has 2 rings (SSSR count). The number of nitrogens with two attached hydrogens (primary N) is 1. The molecule has 1 fully saturated rings. The molecule has 1 aromatic rings. The predicted molar refractivity (Wildman–Crippen MR) is 71.7 cm³/mol. The first-order valence-corrected chi connectivity index (χ1v) is 6.25. The highest BCUT2D eigenvalue weighted by Gasteiger charge is 2.31. The Hall–Kier alpha value is -1.33. The number of aromatic nitrogens is 1. The molecule has 5 heteroatoms. The number of hydrogen-bond acceptors (Lipinski definition) is 5. The summed E-state index contributed by atoms with van der Waals surface area (Å²) in [6.07, 6.45) is 1.34. The number of pyridine rings is 1. The molecular weight excluding hydrogens is 230 g/mol. The molecule has 0 unspecified atom stereocenters. The van der Waals surface area contributed by atoms with Crippen LogP contribution in [-0.2, 0) is 4.74 Å². The Morgan fingerprint density at radius 1 is 1.44 bits per heavy atom. The van der Waals surface area contributed by atoms with Gasteiger partial charge in [0.05, 0.1) is 17.0 Å². The third-order valence-corrected chi connectivity index (χ3v) is 3.46. The van der Waals surface area contributed by atoms with E-state index in [0.29, 0.717) is 38.3 Å². The summed E-state index contributed by atoms with van der Waals surface area (Å²) in [7, 11) is 1.94. The van der Waals surface area contributed by atoms with Crippen LogP contribution in [0.15, 0.2) is 12.1 Å². The van der Waals surface area contributed by atoms with Gasteiger partial charge in [0.1, 0.15) is 5.82 Å². The summed E-state index contributed by atoms with van der Waals surface area (Å²) in [5, 5.41) is 10.5. The van der Waals surface area contributed by atoms with Crippen LogP contribution in [0.25, 0.3) is 0 Å². The fourth-order valence-corrected chi connectivity index (χ4v) is 2.20. The summed E-state index contributed by atoms with van der Waals surface area (Å²) >= 11 is 0. The lowest BCUT2D eigenvalue weighted by molar-refractivity contribution is -0.0573. The van der Waals surface area contributed by atoms with Crippen LogP contribution in [0.2, 0.25) is 0 Å². The van der Waals surface area contributed by atoms with Gasteiger partial charge < -0.3 is 20.5 Å². The number of likely N-dealkylation sites (N-methyl/N-ethyl adjacent to an activating group) is 1. The van der Waals surface area contributed by atoms with Gasteiger partial charge in [0, 0.05) is 39.6 Å². The van der Waals surface area contributed by atoms with E-state index in [4.69, 9.17) is 10.5 Å². The van der Waals surface area contributed by atoms with E-state index in [0.717, 1.165) is 11.5 Å². The van der Waals surface area contributed by atoms with Gasteiger partial charge in [0.2, 0.25) is 0 Å². The molecule has 1 aliphatic rings. The fourth-order valence-electron chi connectivity index (χ4n) is 2.20. The molecule has 0 radical (unpaired) electrons. The number of aliphatic hydroxyl groups is 1. The first-order chi connectivity index (χ1) is 8.50. The fraction of sp³-hybridized carbons (Fsp3) is 0.615. The molecule has 100 valence electrons. The number of nitrogen functional groups attached to an aromatic ring is 1. The Kier molecular flexibility index (Phi) is 3.73. The maximum absolute atomic E-state index is 10.5. The lowest BCUT2D eigenvalue weighted by Gasteiger charge is -2.35. The molecule has 0 amide bonds. The van der Waals surface area contributed by atoms with Crippen LogP contribution < -0.4 is 10.6 Å². The summed E-state index contributed by atoms with van der Waals surface area (Å²) in [4.78, 5) is 6.40. The molecular formula is C13H21N3O2. The van der Waals surface area contributed by atoms with Gasteiger partial charge >= 0.3 is 0 Å². The van der Waals surface area contributed by atoms with Crippen molar-refractivity contribution in [1.29, 1.82) is 0 Å². The number of rotatable bonds is 3. The van der Waals surface area contributed by atoms with Crippen molar-refractivity contribution in [3.05, 3.63) is 17.8 Å². The summed E-state index contributed by atoms with van der Waals surface area (Å²) in [5.74, 6) is 0.835. The minimum atomic E-state index is -0.677. The molecule has 0 bridgehead atoms. The van der Waals surface area contributed by atoms with Gasteiger partial charge in [-0.3, -0.25) is 0 Å². The second-order valence-corrected chi connectivity index (χ2v) is 5.04. The highest BCUT2D eigenvalue weighted by molar-refractivity contribution is 5.50. The average Bonchev–Trinajstić information content (AvgIpc) is 2.33. The number of ether oxygens (including phenoxy) is 1. The standard InChI is InChI=1S/C13H21N3O2/c1-10-11(14)3-4-12(15-10)16(2)9-13(17)5-7-18-8-6-13/h3-4,17H,5-9,14H2,1-2H3. The van der Waals surface area contributed by atoms with E-state index in [-0.39, 0.29) is 0 Å². The van der Waals surface area contributed by atoms with Crippen molar-refractivity contribution in [2.75, 3.05) is 37.4 Å². The highest BCUT2D eigenvalue weighted by atomic mass is 16.5. The van der Waals surface area contributed by atoms with E-state index < -0.39 is 5.60 Å². The van der Waals surface area contributed by atoms with Crippen LogP contribution in [0.1, 0.15) is 18.5 Å². The van der Waals surface area contributed by atoms with Crippen LogP contribution in [0.5, 0.6) is 0 Å². The summed E-state index contributed by atoms with van der Waals surface area (Å²) in [5.41, 5.74) is 6.59. The maximum Gasteiger partial charge on any atom is 0.128 e. The highest BCUT2D eigenvalue weighted by Crippen LogP contribution is 2.24. The van der Waals surface area contributed by atoms with Gasteiger partial charge in [-0.15, -0.1) is 0 Å². The molecule has 0 aliphatic carbocycles. The molecule has 2 heterocycles. The van der Waals surface area contributed by atoms with Crippen molar-refractivity contribution in [2.45, 2.75) is 25.4 Å². The molecule has 3 N–H and O–H groups in total. The van der Waals surface area contributed by atoms with E-state index >= 15 is 0 Å². The molecule has 0 atom stereocenters. The molecule has 0 spiro atoms. The third-order valence-electron chi connectivity index (χ3n) is 3.46. The molecule has 5 nitrogen and oxygen atoms in total. The maximum atomic E-state index is 10.5. The second kappa shape index (κ2) is 5.12. The summed E-state index contributed by atoms with van der Waals surface area (Å²) < 4.78 is 5.28. The van der Waals surface area contributed by atoms with E-state index in [1.54, 1.807) is 0 Å². The van der Waals surface area contributed by atoms with Crippen molar-refractivity contribution in [3.63, 3.8) is 0 Å². The molecule has 1 aliphatic heterocycles. The minimum absolute atomic E-state index is 0.562. The predicted octanol–water partition coefficient (Wildman–Crippen LogP) is 0.950. The van der Waals surface area contributed by atoms with Crippen LogP contribution in [0.4, 0.5) is 11.5 Å². The van der Waals surface area contributed by atoms with Gasteiger partial charge in [0.15, 0.2) is 0 Å². The largest absolute Gasteiger partial charge is 0.397 e. The van der Waals surface area contributed by atoms with Crippen molar-refractivity contribution in [1.82, 2.24) is 4.98 Å². The topological polar surface area (TPSA) is 71.6 Å². The number of hydrogen-bond donors (Lipinski definition) is 2. The SMILES string of the molecule is Cc1nc(N(C)CC2(O)CCOCC2)ccc1N. The second-order valence-electron chi connectivity index (χ2n) is 5.04. The Bertz CT molecular complexity index is 417. The zero-order valence-electron chi connectivity index (χ0n) is 11.0. The van der Waals surface area contributed by atoms with Gasteiger partial charge in [-0.2, -0.15) is 0 Å². The molecule has 0 saturated carbocycles. The van der Waals surface area contributed by atoms with Crippen LogP contribution in [0, 0.1) is 6.92 Å². The van der Waals surface area contributed by atoms with Gasteiger partial charge in [-0.1, -0.05) is 0 Å². The smallest absolute Gasteiger partial charge is 0.128 e. The van der Waals surface area contributed by atoms with E-state index in [2.05, 4.69) is 4.98 Å². The quantitative estimate of drug-likeness (QED) is 0.837. The van der Waals surface area contributed by atoms with E-state index in [1.165, 1.54) is 0 Å². The number of aryl methyl sites for hydroxylation is 1. The van der Waals surface area contributed by atoms with Gasteiger partial charge in [-0.25, -0.2) is 4.98 Å². The van der Waals surface area contributed by atoms with Crippen molar-refractivity contribution in [3.8, 4) is 0 Å². The Morgan fingerprint density at radius 3 is 2.72 bits per heavy atom. The third kappa shape index (κ3) is 2.91. The number of anilines is 2. The Balaban J connectivity index is 2.06. The van der Waals surface area contributed by atoms with E-state index in [1.807, 2.05) is 31.0 Å². The van der Waals surface area contributed by atoms with Gasteiger partial charge in [-0.05, 0) is 19.1 Å². The van der Waals surface area contributed by atoms with E-state index in [9.17, 15) is 5.11 Å². The molecule has 18 heavy (non-hydrogen) atoms. The molecule has 0 aromatic carbocycles. The zero-order chi connectivity index (χ0) is 13.2. The number of nitrogens with zero attached hydrogens (tertiary/aromatic N) is 2. The van der Waals surface area contributed by atoms with Crippen molar-refractivity contribution >= 4 is 11.5 Å². The summed E-state index contributed by atoms with van der Waals surface area (Å²) in [6, 6.07) is 3.73. The Morgan fingerprint density at radius 2 is 2.11 bits per heavy atom.